The van der Waals surface area contributed by atoms with E-state index in [1.54, 1.807) is 0 Å². The van der Waals surface area contributed by atoms with Crippen LogP contribution in [0.25, 0.3) is 6.08 Å². The molecule has 0 heterocycles. The minimum atomic E-state index is -0.635. The molecule has 0 fully saturated rings. The summed E-state index contributed by atoms with van der Waals surface area (Å²) in [6.07, 6.45) is 2.49. The van der Waals surface area contributed by atoms with Crippen LogP contribution in [0.5, 0.6) is 0 Å². The Morgan fingerprint density at radius 3 is 1.62 bits per heavy atom. The molecular weight excluding hydrogens is 328 g/mol. The van der Waals surface area contributed by atoms with Crippen LogP contribution in [-0.2, 0) is 19.1 Å². The third kappa shape index (κ3) is 8.32. The van der Waals surface area contributed by atoms with E-state index in [0.29, 0.717) is 11.8 Å². The molecule has 0 aromatic heterocycles. The molecular formula is C22H32O4. The number of hydrogen-bond donors (Lipinski definition) is 0. The summed E-state index contributed by atoms with van der Waals surface area (Å²) in [6, 6.07) is 9.24. The van der Waals surface area contributed by atoms with Gasteiger partial charge in [-0.05, 0) is 50.2 Å². The van der Waals surface area contributed by atoms with Crippen molar-refractivity contribution in [3.63, 3.8) is 0 Å². The van der Waals surface area contributed by atoms with Crippen molar-refractivity contribution in [1.82, 2.24) is 0 Å². The van der Waals surface area contributed by atoms with Gasteiger partial charge in [0.2, 0.25) is 0 Å². The predicted molar refractivity (Wildman–Crippen MR) is 104 cm³/mol. The molecule has 1 rings (SSSR count). The van der Waals surface area contributed by atoms with Crippen LogP contribution in [0.4, 0.5) is 0 Å². The first-order chi connectivity index (χ1) is 12.2. The van der Waals surface area contributed by atoms with Crippen molar-refractivity contribution >= 4 is 18.0 Å². The lowest BCUT2D eigenvalue weighted by molar-refractivity contribution is -0.152. The summed E-state index contributed by atoms with van der Waals surface area (Å²) in [6.45, 7) is 11.9. The van der Waals surface area contributed by atoms with E-state index in [9.17, 15) is 9.59 Å². The molecule has 0 spiro atoms. The average Bonchev–Trinajstić information content (AvgIpc) is 2.51. The monoisotopic (exact) mass is 360 g/mol. The lowest BCUT2D eigenvalue weighted by Gasteiger charge is -2.18. The molecule has 4 nitrogen and oxygen atoms in total. The SMILES string of the molecule is CC(C)CC(C)OC(=O)C(=Cc1ccccc1)C(=O)O[C@@H](C)CC(C)C. The summed E-state index contributed by atoms with van der Waals surface area (Å²) >= 11 is 0. The molecule has 0 aliphatic heterocycles. The van der Waals surface area contributed by atoms with E-state index in [2.05, 4.69) is 27.7 Å². The first-order valence-electron chi connectivity index (χ1n) is 9.37. The van der Waals surface area contributed by atoms with E-state index in [0.717, 1.165) is 18.4 Å². The van der Waals surface area contributed by atoms with E-state index in [1.807, 2.05) is 44.2 Å². The van der Waals surface area contributed by atoms with E-state index < -0.39 is 11.9 Å². The zero-order valence-corrected chi connectivity index (χ0v) is 16.8. The first-order valence-corrected chi connectivity index (χ1v) is 9.37. The van der Waals surface area contributed by atoms with Crippen LogP contribution in [0, 0.1) is 11.8 Å². The maximum absolute atomic E-state index is 12.6. The summed E-state index contributed by atoms with van der Waals surface area (Å²) in [7, 11) is 0. The van der Waals surface area contributed by atoms with Gasteiger partial charge in [0.05, 0.1) is 12.2 Å². The Labute approximate surface area is 157 Å². The Balaban J connectivity index is 2.97. The smallest absolute Gasteiger partial charge is 0.345 e. The lowest BCUT2D eigenvalue weighted by atomic mass is 10.1. The minimum Gasteiger partial charge on any atom is -0.459 e. The Hall–Kier alpha value is -2.10. The van der Waals surface area contributed by atoms with Gasteiger partial charge in [0.1, 0.15) is 5.57 Å². The maximum atomic E-state index is 12.6. The Kier molecular flexibility index (Phi) is 9.11. The molecule has 0 N–H and O–H groups in total. The second-order valence-electron chi connectivity index (χ2n) is 7.66. The fourth-order valence-electron chi connectivity index (χ4n) is 2.83. The molecule has 0 amide bonds. The van der Waals surface area contributed by atoms with Gasteiger partial charge in [-0.15, -0.1) is 0 Å². The van der Waals surface area contributed by atoms with Crippen LogP contribution in [0.2, 0.25) is 0 Å². The predicted octanol–water partition coefficient (Wildman–Crippen LogP) is 5.03. The Morgan fingerprint density at radius 1 is 0.808 bits per heavy atom. The third-order valence-corrected chi connectivity index (χ3v) is 3.77. The van der Waals surface area contributed by atoms with E-state index in [1.165, 1.54) is 6.08 Å². The molecule has 144 valence electrons. The fourth-order valence-corrected chi connectivity index (χ4v) is 2.83. The first kappa shape index (κ1) is 21.9. The second kappa shape index (κ2) is 10.8. The number of hydrogen-bond acceptors (Lipinski definition) is 4. The quantitative estimate of drug-likeness (QED) is 0.268. The fraction of sp³-hybridized carbons (Fsp3) is 0.545. The van der Waals surface area contributed by atoms with E-state index >= 15 is 0 Å². The molecule has 1 aromatic carbocycles. The van der Waals surface area contributed by atoms with Gasteiger partial charge in [-0.3, -0.25) is 0 Å². The highest BCUT2D eigenvalue weighted by Gasteiger charge is 2.25. The molecule has 26 heavy (non-hydrogen) atoms. The number of rotatable bonds is 9. The number of carbonyl (C=O) groups excluding carboxylic acids is 2. The van der Waals surface area contributed by atoms with Gasteiger partial charge in [0.25, 0.3) is 0 Å². The van der Waals surface area contributed by atoms with Crippen LogP contribution < -0.4 is 0 Å². The zero-order chi connectivity index (χ0) is 19.7. The van der Waals surface area contributed by atoms with Gasteiger partial charge < -0.3 is 9.47 Å². The standard InChI is InChI=1S/C22H32O4/c1-15(2)12-17(5)25-21(23)20(14-19-10-8-7-9-11-19)22(24)26-18(6)13-16(3)4/h7-11,14-18H,12-13H2,1-6H3/t17-,18?/m0/s1. The van der Waals surface area contributed by atoms with Crippen LogP contribution >= 0.6 is 0 Å². The number of esters is 2. The molecule has 1 unspecified atom stereocenters. The van der Waals surface area contributed by atoms with Gasteiger partial charge in [0, 0.05) is 0 Å². The van der Waals surface area contributed by atoms with Gasteiger partial charge in [-0.1, -0.05) is 58.0 Å². The van der Waals surface area contributed by atoms with Crippen LogP contribution in [0.3, 0.4) is 0 Å². The van der Waals surface area contributed by atoms with Crippen LogP contribution in [-0.4, -0.2) is 24.1 Å². The van der Waals surface area contributed by atoms with Crippen LogP contribution in [0.15, 0.2) is 35.9 Å². The van der Waals surface area contributed by atoms with Crippen molar-refractivity contribution in [3.8, 4) is 0 Å². The highest BCUT2D eigenvalue weighted by Crippen LogP contribution is 2.16. The summed E-state index contributed by atoms with van der Waals surface area (Å²) in [4.78, 5) is 25.2. The van der Waals surface area contributed by atoms with Crippen molar-refractivity contribution in [3.05, 3.63) is 41.5 Å². The number of carbonyl (C=O) groups is 2. The molecule has 0 bridgehead atoms. The molecule has 0 aliphatic carbocycles. The van der Waals surface area contributed by atoms with E-state index in [-0.39, 0.29) is 17.8 Å². The molecule has 4 heteroatoms. The van der Waals surface area contributed by atoms with Gasteiger partial charge in [-0.2, -0.15) is 0 Å². The summed E-state index contributed by atoms with van der Waals surface area (Å²) < 4.78 is 10.9. The largest absolute Gasteiger partial charge is 0.459 e. The van der Waals surface area contributed by atoms with Gasteiger partial charge >= 0.3 is 11.9 Å². The highest BCUT2D eigenvalue weighted by molar-refractivity contribution is 6.17. The molecule has 0 aliphatic rings. The highest BCUT2D eigenvalue weighted by atomic mass is 16.6. The van der Waals surface area contributed by atoms with Crippen molar-refractivity contribution in [2.75, 3.05) is 0 Å². The van der Waals surface area contributed by atoms with Gasteiger partial charge in [0.15, 0.2) is 0 Å². The second-order valence-corrected chi connectivity index (χ2v) is 7.66. The summed E-state index contributed by atoms with van der Waals surface area (Å²) in [5.41, 5.74) is 0.687. The summed E-state index contributed by atoms with van der Waals surface area (Å²) in [5.74, 6) is -0.470. The van der Waals surface area contributed by atoms with Crippen molar-refractivity contribution in [2.45, 2.75) is 66.6 Å². The topological polar surface area (TPSA) is 52.6 Å². The molecule has 2 atom stereocenters. The molecule has 0 saturated heterocycles. The van der Waals surface area contributed by atoms with Crippen molar-refractivity contribution < 1.29 is 19.1 Å². The number of ether oxygens (including phenoxy) is 2. The van der Waals surface area contributed by atoms with Crippen molar-refractivity contribution in [1.29, 1.82) is 0 Å². The molecule has 1 aromatic rings. The van der Waals surface area contributed by atoms with Gasteiger partial charge in [-0.25, -0.2) is 9.59 Å². The van der Waals surface area contributed by atoms with Crippen molar-refractivity contribution in [2.24, 2.45) is 11.8 Å². The number of benzene rings is 1. The average molecular weight is 360 g/mol. The van der Waals surface area contributed by atoms with Crippen LogP contribution in [0.1, 0.15) is 59.9 Å². The Bertz CT molecular complexity index is 570. The van der Waals surface area contributed by atoms with E-state index in [4.69, 9.17) is 9.47 Å². The maximum Gasteiger partial charge on any atom is 0.345 e. The zero-order valence-electron chi connectivity index (χ0n) is 16.8. The molecule has 0 radical (unpaired) electrons. The molecule has 0 saturated carbocycles. The summed E-state index contributed by atoms with van der Waals surface area (Å²) in [5, 5.41) is 0. The minimum absolute atomic E-state index is 0.0672. The third-order valence-electron chi connectivity index (χ3n) is 3.77. The normalized spacial score (nSPS) is 14.2. The Morgan fingerprint density at radius 2 is 1.23 bits per heavy atom. The lowest BCUT2D eigenvalue weighted by Crippen LogP contribution is -2.25.